The van der Waals surface area contributed by atoms with Crippen molar-refractivity contribution in [1.82, 2.24) is 10.2 Å². The molecule has 1 aromatic rings. The average molecular weight is 353 g/mol. The Morgan fingerprint density at radius 3 is 2.28 bits per heavy atom. The van der Waals surface area contributed by atoms with Gasteiger partial charge >= 0.3 is 12.1 Å². The molecule has 1 heterocycles. The molecule has 1 N–H and O–H groups in total. The molecule has 0 bridgehead atoms. The van der Waals surface area contributed by atoms with Crippen LogP contribution in [0.15, 0.2) is 24.3 Å². The van der Waals surface area contributed by atoms with Crippen molar-refractivity contribution in [2.45, 2.75) is 32.0 Å². The van der Waals surface area contributed by atoms with Gasteiger partial charge in [-0.15, -0.1) is 0 Å². The van der Waals surface area contributed by atoms with Crippen LogP contribution < -0.4 is 5.32 Å². The molecule has 1 saturated heterocycles. The van der Waals surface area contributed by atoms with Crippen molar-refractivity contribution in [2.24, 2.45) is 5.92 Å². The van der Waals surface area contributed by atoms with Crippen LogP contribution in [0.4, 0.5) is 13.2 Å². The highest BCUT2D eigenvalue weighted by molar-refractivity contribution is 5.83. The van der Waals surface area contributed by atoms with E-state index in [-0.39, 0.29) is 31.8 Å². The van der Waals surface area contributed by atoms with Gasteiger partial charge in [-0.05, 0) is 25.3 Å². The third-order valence-electron chi connectivity index (χ3n) is 4.22. The van der Waals surface area contributed by atoms with E-state index in [9.17, 15) is 28.0 Å². The zero-order valence-corrected chi connectivity index (χ0v) is 13.6. The maximum absolute atomic E-state index is 12.4. The zero-order chi connectivity index (χ0) is 18.6. The summed E-state index contributed by atoms with van der Waals surface area (Å²) in [5.41, 5.74) is 1.67. The lowest BCUT2D eigenvalue weighted by molar-refractivity contribution is -0.186. The van der Waals surface area contributed by atoms with Gasteiger partial charge in [-0.25, -0.2) is 0 Å². The van der Waals surface area contributed by atoms with Crippen molar-refractivity contribution in [1.29, 1.82) is 5.26 Å². The number of alkyl halides is 3. The molecule has 1 aliphatic heterocycles. The Morgan fingerprint density at radius 2 is 1.80 bits per heavy atom. The number of nitrogens with zero attached hydrogens (tertiary/aromatic N) is 2. The summed E-state index contributed by atoms with van der Waals surface area (Å²) in [6.07, 6.45) is -4.62. The van der Waals surface area contributed by atoms with Crippen LogP contribution in [-0.2, 0) is 9.59 Å². The summed E-state index contributed by atoms with van der Waals surface area (Å²) in [7, 11) is 0. The van der Waals surface area contributed by atoms with Crippen LogP contribution in [-0.4, -0.2) is 36.0 Å². The fourth-order valence-corrected chi connectivity index (χ4v) is 2.73. The maximum atomic E-state index is 12.4. The topological polar surface area (TPSA) is 73.2 Å². The van der Waals surface area contributed by atoms with Crippen LogP contribution in [0.5, 0.6) is 0 Å². The number of hydrogen-bond acceptors (Lipinski definition) is 3. The second-order valence-corrected chi connectivity index (χ2v) is 6.05. The molecule has 25 heavy (non-hydrogen) atoms. The maximum Gasteiger partial charge on any atom is 0.471 e. The minimum Gasteiger partial charge on any atom is -0.336 e. The molecule has 134 valence electrons. The fourth-order valence-electron chi connectivity index (χ4n) is 2.73. The van der Waals surface area contributed by atoms with E-state index in [2.05, 4.69) is 5.32 Å². The van der Waals surface area contributed by atoms with Gasteiger partial charge in [0.25, 0.3) is 0 Å². The predicted molar refractivity (Wildman–Crippen MR) is 83.0 cm³/mol. The molecule has 1 fully saturated rings. The van der Waals surface area contributed by atoms with Gasteiger partial charge < -0.3 is 10.2 Å². The van der Waals surface area contributed by atoms with E-state index in [1.165, 1.54) is 0 Å². The zero-order valence-electron chi connectivity index (χ0n) is 13.6. The standard InChI is InChI=1S/C17H18F3N3O2/c1-11-2-4-12(5-3-11)14(10-21)22-15(24)13-6-8-23(9-7-13)16(25)17(18,19)20/h2-5,13-14H,6-9H2,1H3,(H,22,24). The Balaban J connectivity index is 1.93. The molecule has 5 nitrogen and oxygen atoms in total. The highest BCUT2D eigenvalue weighted by atomic mass is 19.4. The first-order chi connectivity index (χ1) is 11.7. The number of nitriles is 1. The van der Waals surface area contributed by atoms with Crippen LogP contribution in [0.25, 0.3) is 0 Å². The van der Waals surface area contributed by atoms with Crippen LogP contribution in [0.1, 0.15) is 30.0 Å². The summed E-state index contributed by atoms with van der Waals surface area (Å²) in [5.74, 6) is -2.77. The number of carbonyl (C=O) groups is 2. The van der Waals surface area contributed by atoms with Crippen molar-refractivity contribution in [3.8, 4) is 6.07 Å². The highest BCUT2D eigenvalue weighted by Gasteiger charge is 2.43. The number of nitrogens with one attached hydrogen (secondary N) is 1. The molecule has 0 radical (unpaired) electrons. The van der Waals surface area contributed by atoms with Crippen LogP contribution in [0.3, 0.4) is 0 Å². The van der Waals surface area contributed by atoms with Crippen molar-refractivity contribution < 1.29 is 22.8 Å². The highest BCUT2D eigenvalue weighted by Crippen LogP contribution is 2.24. The minimum absolute atomic E-state index is 0.127. The number of rotatable bonds is 3. The number of piperidine rings is 1. The third kappa shape index (κ3) is 4.72. The van der Waals surface area contributed by atoms with E-state index in [0.717, 1.165) is 5.56 Å². The fraction of sp³-hybridized carbons (Fsp3) is 0.471. The van der Waals surface area contributed by atoms with Gasteiger partial charge in [0.15, 0.2) is 0 Å². The molecule has 0 spiro atoms. The number of halogens is 3. The molecule has 0 aromatic heterocycles. The van der Waals surface area contributed by atoms with Crippen molar-refractivity contribution in [2.75, 3.05) is 13.1 Å². The Hall–Kier alpha value is -2.56. The summed E-state index contributed by atoms with van der Waals surface area (Å²) < 4.78 is 37.3. The minimum atomic E-state index is -4.90. The van der Waals surface area contributed by atoms with Crippen molar-refractivity contribution in [3.63, 3.8) is 0 Å². The van der Waals surface area contributed by atoms with Gasteiger partial charge in [0.1, 0.15) is 6.04 Å². The Kier molecular flexibility index (Phi) is 5.67. The van der Waals surface area contributed by atoms with Crippen LogP contribution in [0, 0.1) is 24.2 Å². The Morgan fingerprint density at radius 1 is 1.24 bits per heavy atom. The molecule has 1 aliphatic rings. The first-order valence-corrected chi connectivity index (χ1v) is 7.85. The molecule has 8 heteroatoms. The Labute approximate surface area is 143 Å². The lowest BCUT2D eigenvalue weighted by atomic mass is 9.95. The smallest absolute Gasteiger partial charge is 0.336 e. The molecule has 1 aromatic carbocycles. The number of carbonyl (C=O) groups excluding carboxylic acids is 2. The van der Waals surface area contributed by atoms with E-state index in [0.29, 0.717) is 10.5 Å². The van der Waals surface area contributed by atoms with Gasteiger partial charge in [0, 0.05) is 19.0 Å². The van der Waals surface area contributed by atoms with E-state index in [1.54, 1.807) is 12.1 Å². The van der Waals surface area contributed by atoms with Crippen LogP contribution >= 0.6 is 0 Å². The summed E-state index contributed by atoms with van der Waals surface area (Å²) in [6.45, 7) is 1.65. The van der Waals surface area contributed by atoms with E-state index >= 15 is 0 Å². The lowest BCUT2D eigenvalue weighted by Gasteiger charge is -2.32. The first-order valence-electron chi connectivity index (χ1n) is 7.85. The number of amides is 2. The molecular formula is C17H18F3N3O2. The summed E-state index contributed by atoms with van der Waals surface area (Å²) in [5, 5.41) is 11.9. The SMILES string of the molecule is Cc1ccc(C(C#N)NC(=O)C2CCN(C(=O)C(F)(F)F)CC2)cc1. The van der Waals surface area contributed by atoms with Gasteiger partial charge in [0.2, 0.25) is 5.91 Å². The number of hydrogen-bond donors (Lipinski definition) is 1. The van der Waals surface area contributed by atoms with Gasteiger partial charge in [0.05, 0.1) is 6.07 Å². The first kappa shape index (κ1) is 18.8. The summed E-state index contributed by atoms with van der Waals surface area (Å²) in [6, 6.07) is 8.33. The molecule has 2 rings (SSSR count). The normalized spacial score (nSPS) is 16.8. The average Bonchev–Trinajstić information content (AvgIpc) is 2.59. The van der Waals surface area contributed by atoms with E-state index in [1.807, 2.05) is 25.1 Å². The second-order valence-electron chi connectivity index (χ2n) is 6.05. The molecule has 1 atom stereocenters. The molecule has 0 saturated carbocycles. The van der Waals surface area contributed by atoms with Crippen molar-refractivity contribution in [3.05, 3.63) is 35.4 Å². The lowest BCUT2D eigenvalue weighted by Crippen LogP contribution is -2.47. The third-order valence-corrected chi connectivity index (χ3v) is 4.22. The molecule has 0 aliphatic carbocycles. The number of likely N-dealkylation sites (tertiary alicyclic amines) is 1. The summed E-state index contributed by atoms with van der Waals surface area (Å²) in [4.78, 5) is 24.2. The quantitative estimate of drug-likeness (QED) is 0.907. The van der Waals surface area contributed by atoms with E-state index in [4.69, 9.17) is 0 Å². The van der Waals surface area contributed by atoms with Gasteiger partial charge in [-0.3, -0.25) is 9.59 Å². The molecular weight excluding hydrogens is 335 g/mol. The van der Waals surface area contributed by atoms with Gasteiger partial charge in [-0.2, -0.15) is 18.4 Å². The van der Waals surface area contributed by atoms with Gasteiger partial charge in [-0.1, -0.05) is 29.8 Å². The van der Waals surface area contributed by atoms with Crippen molar-refractivity contribution >= 4 is 11.8 Å². The Bertz CT molecular complexity index is 672. The predicted octanol–water partition coefficient (Wildman–Crippen LogP) is 2.48. The molecule has 2 amide bonds. The molecule has 1 unspecified atom stereocenters. The summed E-state index contributed by atoms with van der Waals surface area (Å²) >= 11 is 0. The largest absolute Gasteiger partial charge is 0.471 e. The second kappa shape index (κ2) is 7.55. The number of benzene rings is 1. The van der Waals surface area contributed by atoms with Crippen LogP contribution in [0.2, 0.25) is 0 Å². The monoisotopic (exact) mass is 353 g/mol. The number of aryl methyl sites for hydroxylation is 1. The van der Waals surface area contributed by atoms with E-state index < -0.39 is 24.0 Å².